The molecule has 13 heteroatoms. The standard InChI is InChI=1S/C32H29F4N5O3S/c1-4-25(42)39-11-18(3)40(12-17(39)2)29-21-9-23(32(34,35)36)26(20-5-6-24(33)19-7-8-37-10-22(19)20)28-27(21)41(30(43)38-29)13-31(16-45-28)14-44-15-31/h4-10,17-18H,1,11-16H2,2-3H3/t17-,18+/m1/s1. The Morgan fingerprint density at radius 3 is 2.60 bits per heavy atom. The number of thioether (sulfide) groups is 1. The number of hydrogen-bond donors (Lipinski definition) is 0. The van der Waals surface area contributed by atoms with Crippen molar-refractivity contribution in [2.45, 2.75) is 43.5 Å². The fraction of sp³-hybridized carbons (Fsp3) is 0.375. The van der Waals surface area contributed by atoms with Gasteiger partial charge in [-0.25, -0.2) is 9.18 Å². The summed E-state index contributed by atoms with van der Waals surface area (Å²) in [6.07, 6.45) is -0.812. The van der Waals surface area contributed by atoms with Gasteiger partial charge in [0.1, 0.15) is 11.6 Å². The highest BCUT2D eigenvalue weighted by atomic mass is 32.2. The average molecular weight is 640 g/mol. The van der Waals surface area contributed by atoms with E-state index in [0.717, 1.165) is 12.1 Å². The van der Waals surface area contributed by atoms with Crippen LogP contribution in [0.3, 0.4) is 0 Å². The summed E-state index contributed by atoms with van der Waals surface area (Å²) in [4.78, 5) is 38.7. The molecule has 0 N–H and O–H groups in total. The summed E-state index contributed by atoms with van der Waals surface area (Å²) in [6, 6.07) is 4.35. The highest BCUT2D eigenvalue weighted by Crippen LogP contribution is 2.52. The molecule has 0 saturated carbocycles. The third-order valence-electron chi connectivity index (χ3n) is 9.09. The number of ether oxygens (including phenoxy) is 1. The zero-order chi connectivity index (χ0) is 31.8. The third kappa shape index (κ3) is 4.70. The van der Waals surface area contributed by atoms with Gasteiger partial charge in [-0.3, -0.25) is 14.3 Å². The highest BCUT2D eigenvalue weighted by Gasteiger charge is 2.45. The van der Waals surface area contributed by atoms with Gasteiger partial charge in [-0.05, 0) is 43.7 Å². The second-order valence-electron chi connectivity index (χ2n) is 12.2. The predicted octanol–water partition coefficient (Wildman–Crippen LogP) is 5.50. The fourth-order valence-corrected chi connectivity index (χ4v) is 8.21. The molecule has 45 heavy (non-hydrogen) atoms. The molecule has 0 radical (unpaired) electrons. The second kappa shape index (κ2) is 10.5. The zero-order valence-corrected chi connectivity index (χ0v) is 25.3. The van der Waals surface area contributed by atoms with E-state index in [9.17, 15) is 14.0 Å². The van der Waals surface area contributed by atoms with E-state index >= 15 is 13.2 Å². The van der Waals surface area contributed by atoms with Crippen LogP contribution in [-0.2, 0) is 22.3 Å². The maximum Gasteiger partial charge on any atom is 0.417 e. The van der Waals surface area contributed by atoms with Gasteiger partial charge in [0.05, 0.1) is 24.3 Å². The number of aromatic nitrogens is 3. The van der Waals surface area contributed by atoms with E-state index in [1.807, 2.05) is 18.7 Å². The van der Waals surface area contributed by atoms with E-state index in [4.69, 9.17) is 4.74 Å². The molecule has 3 aliphatic heterocycles. The van der Waals surface area contributed by atoms with Crippen molar-refractivity contribution in [3.05, 3.63) is 71.2 Å². The predicted molar refractivity (Wildman–Crippen MR) is 164 cm³/mol. The number of nitrogens with zero attached hydrogens (tertiary/aromatic N) is 5. The van der Waals surface area contributed by atoms with Crippen molar-refractivity contribution < 1.29 is 27.1 Å². The molecule has 0 unspecified atom stereocenters. The van der Waals surface area contributed by atoms with Crippen molar-refractivity contribution in [1.29, 1.82) is 0 Å². The lowest BCUT2D eigenvalue weighted by atomic mass is 9.88. The molecule has 2 fully saturated rings. The molecule has 2 aromatic heterocycles. The van der Waals surface area contributed by atoms with E-state index in [1.54, 1.807) is 4.90 Å². The van der Waals surface area contributed by atoms with Crippen LogP contribution >= 0.6 is 11.8 Å². The van der Waals surface area contributed by atoms with Crippen molar-refractivity contribution in [2.24, 2.45) is 5.41 Å². The minimum atomic E-state index is -4.81. The van der Waals surface area contributed by atoms with Crippen molar-refractivity contribution in [3.8, 4) is 11.1 Å². The minimum Gasteiger partial charge on any atom is -0.380 e. The number of hydrogen-bond acceptors (Lipinski definition) is 7. The molecule has 2 saturated heterocycles. The summed E-state index contributed by atoms with van der Waals surface area (Å²) in [5, 5.41) is 0.573. The van der Waals surface area contributed by atoms with Crippen LogP contribution in [0.5, 0.6) is 0 Å². The summed E-state index contributed by atoms with van der Waals surface area (Å²) >= 11 is 1.26. The largest absolute Gasteiger partial charge is 0.417 e. The van der Waals surface area contributed by atoms with E-state index in [1.165, 1.54) is 46.9 Å². The number of carbonyl (C=O) groups excluding carboxylic acids is 1. The fourth-order valence-electron chi connectivity index (χ4n) is 6.78. The lowest BCUT2D eigenvalue weighted by Gasteiger charge is -2.44. The van der Waals surface area contributed by atoms with Gasteiger partial charge in [0.25, 0.3) is 0 Å². The number of alkyl halides is 3. The number of anilines is 1. The third-order valence-corrected chi connectivity index (χ3v) is 10.5. The number of halogens is 4. The quantitative estimate of drug-likeness (QED) is 0.216. The normalized spacial score (nSPS) is 21.2. The maximum absolute atomic E-state index is 15.2. The van der Waals surface area contributed by atoms with Gasteiger partial charge in [0, 0.05) is 81.9 Å². The Labute approximate surface area is 259 Å². The molecule has 5 heterocycles. The molecule has 7 rings (SSSR count). The molecular formula is C32H29F4N5O3S. The minimum absolute atomic E-state index is 0.122. The van der Waals surface area contributed by atoms with E-state index in [2.05, 4.69) is 16.5 Å². The van der Waals surface area contributed by atoms with Gasteiger partial charge in [0.15, 0.2) is 0 Å². The van der Waals surface area contributed by atoms with Gasteiger partial charge in [-0.1, -0.05) is 12.6 Å². The van der Waals surface area contributed by atoms with Gasteiger partial charge in [-0.15, -0.1) is 11.8 Å². The summed E-state index contributed by atoms with van der Waals surface area (Å²) in [7, 11) is 0. The highest BCUT2D eigenvalue weighted by molar-refractivity contribution is 7.99. The maximum atomic E-state index is 15.2. The average Bonchev–Trinajstić information content (AvgIpc) is 3.18. The molecule has 0 aliphatic carbocycles. The van der Waals surface area contributed by atoms with Gasteiger partial charge in [-0.2, -0.15) is 18.2 Å². The number of rotatable bonds is 3. The molecule has 234 valence electrons. The molecule has 1 spiro atoms. The van der Waals surface area contributed by atoms with Gasteiger partial charge >= 0.3 is 11.9 Å². The van der Waals surface area contributed by atoms with Crippen molar-refractivity contribution in [3.63, 3.8) is 0 Å². The second-order valence-corrected chi connectivity index (χ2v) is 13.2. The summed E-state index contributed by atoms with van der Waals surface area (Å²) in [6.45, 7) is 8.76. The van der Waals surface area contributed by atoms with E-state index < -0.39 is 28.7 Å². The zero-order valence-electron chi connectivity index (χ0n) is 24.5. The summed E-state index contributed by atoms with van der Waals surface area (Å²) in [5.74, 6) is -0.262. The first-order chi connectivity index (χ1) is 21.4. The molecule has 2 aromatic carbocycles. The smallest absolute Gasteiger partial charge is 0.380 e. The van der Waals surface area contributed by atoms with Crippen LogP contribution in [0.2, 0.25) is 0 Å². The van der Waals surface area contributed by atoms with Gasteiger partial charge in [0.2, 0.25) is 5.91 Å². The van der Waals surface area contributed by atoms with Crippen LogP contribution in [0.4, 0.5) is 23.4 Å². The summed E-state index contributed by atoms with van der Waals surface area (Å²) in [5.41, 5.74) is -1.54. The first kappa shape index (κ1) is 29.7. The molecule has 4 aromatic rings. The first-order valence-corrected chi connectivity index (χ1v) is 15.5. The molecule has 0 bridgehead atoms. The SMILES string of the molecule is C=CC(=O)N1C[C@H](C)N(c2nc(=O)n3c4c(c(-c5ccc(F)c6ccncc56)c(C(F)(F)F)cc24)SCC2(COC2)C3)C[C@H]1C. The first-order valence-electron chi connectivity index (χ1n) is 14.5. The Morgan fingerprint density at radius 1 is 1.13 bits per heavy atom. The molecule has 8 nitrogen and oxygen atoms in total. The number of piperazine rings is 1. The van der Waals surface area contributed by atoms with Gasteiger partial charge < -0.3 is 14.5 Å². The van der Waals surface area contributed by atoms with Crippen LogP contribution in [0.1, 0.15) is 19.4 Å². The Balaban J connectivity index is 1.55. The van der Waals surface area contributed by atoms with E-state index in [-0.39, 0.29) is 75.6 Å². The van der Waals surface area contributed by atoms with Crippen LogP contribution in [0, 0.1) is 11.2 Å². The number of carbonyl (C=O) groups is 1. The topological polar surface area (TPSA) is 80.6 Å². The van der Waals surface area contributed by atoms with Crippen LogP contribution in [0.25, 0.3) is 32.8 Å². The lowest BCUT2D eigenvalue weighted by Crippen LogP contribution is -2.58. The van der Waals surface area contributed by atoms with Crippen LogP contribution in [0.15, 0.2) is 59.0 Å². The van der Waals surface area contributed by atoms with E-state index in [0.29, 0.717) is 24.5 Å². The molecule has 1 amide bonds. The lowest BCUT2D eigenvalue weighted by molar-refractivity contribution is -0.137. The Morgan fingerprint density at radius 2 is 1.91 bits per heavy atom. The number of fused-ring (bicyclic) bond motifs is 1. The Bertz CT molecular complexity index is 1960. The monoisotopic (exact) mass is 639 g/mol. The van der Waals surface area contributed by atoms with Crippen molar-refractivity contribution >= 4 is 45.2 Å². The number of amides is 1. The number of pyridine rings is 1. The molecule has 3 aliphatic rings. The van der Waals surface area contributed by atoms with Crippen molar-refractivity contribution in [2.75, 3.05) is 37.0 Å². The van der Waals surface area contributed by atoms with Crippen LogP contribution < -0.4 is 10.6 Å². The Kier molecular flexibility index (Phi) is 6.97. The van der Waals surface area contributed by atoms with Crippen molar-refractivity contribution in [1.82, 2.24) is 19.4 Å². The van der Waals surface area contributed by atoms with Crippen LogP contribution in [-0.4, -0.2) is 69.5 Å². The molecule has 2 atom stereocenters. The summed E-state index contributed by atoms with van der Waals surface area (Å²) < 4.78 is 67.5. The Hall–Kier alpha value is -3.97. The molecular weight excluding hydrogens is 610 g/mol. The number of benzene rings is 2.